The predicted molar refractivity (Wildman–Crippen MR) is 112 cm³/mol. The van der Waals surface area contributed by atoms with Crippen molar-refractivity contribution in [3.63, 3.8) is 0 Å². The number of hydrazine groups is 1. The molecule has 0 spiro atoms. The Labute approximate surface area is 171 Å². The Balaban J connectivity index is 1.78. The molecule has 0 aliphatic carbocycles. The number of hydrogen-bond donors (Lipinski definition) is 1. The van der Waals surface area contributed by atoms with E-state index in [0.717, 1.165) is 22.3 Å². The largest absolute Gasteiger partial charge is 0.494 e. The highest BCUT2D eigenvalue weighted by molar-refractivity contribution is 8.26. The van der Waals surface area contributed by atoms with Crippen LogP contribution in [-0.4, -0.2) is 27.8 Å². The zero-order valence-electron chi connectivity index (χ0n) is 14.3. The fourth-order valence-corrected chi connectivity index (χ4v) is 3.78. The van der Waals surface area contributed by atoms with E-state index in [0.29, 0.717) is 22.3 Å². The predicted octanol–water partition coefficient (Wildman–Crippen LogP) is 4.28. The van der Waals surface area contributed by atoms with Gasteiger partial charge in [-0.1, -0.05) is 47.6 Å². The Hall–Kier alpha value is -2.35. The second-order valence-electron chi connectivity index (χ2n) is 5.44. The van der Waals surface area contributed by atoms with Crippen molar-refractivity contribution in [3.05, 3.63) is 69.6 Å². The van der Waals surface area contributed by atoms with E-state index >= 15 is 0 Å². The van der Waals surface area contributed by atoms with Crippen LogP contribution in [0.25, 0.3) is 6.08 Å². The molecule has 2 aromatic rings. The molecule has 1 N–H and O–H groups in total. The number of ether oxygens (including phenoxy) is 1. The number of amides is 2. The minimum atomic E-state index is -0.503. The smallest absolute Gasteiger partial charge is 0.285 e. The number of rotatable bonds is 5. The maximum Gasteiger partial charge on any atom is 0.285 e. The molecular formula is C19H15ClN2O3S2. The van der Waals surface area contributed by atoms with Gasteiger partial charge in [0.1, 0.15) is 5.75 Å². The molecule has 1 aliphatic rings. The van der Waals surface area contributed by atoms with E-state index in [-0.39, 0.29) is 9.88 Å². The monoisotopic (exact) mass is 418 g/mol. The van der Waals surface area contributed by atoms with Crippen molar-refractivity contribution in [2.75, 3.05) is 6.61 Å². The first-order valence-corrected chi connectivity index (χ1v) is 9.66. The van der Waals surface area contributed by atoms with E-state index in [1.54, 1.807) is 30.3 Å². The van der Waals surface area contributed by atoms with Crippen molar-refractivity contribution in [3.8, 4) is 5.75 Å². The number of thioether (sulfide) groups is 1. The van der Waals surface area contributed by atoms with Crippen molar-refractivity contribution in [2.24, 2.45) is 0 Å². The first kappa shape index (κ1) is 19.4. The number of nitrogens with zero attached hydrogens (tertiary/aromatic N) is 1. The van der Waals surface area contributed by atoms with Crippen LogP contribution in [0.3, 0.4) is 0 Å². The van der Waals surface area contributed by atoms with Crippen LogP contribution in [0.2, 0.25) is 5.02 Å². The van der Waals surface area contributed by atoms with Crippen molar-refractivity contribution in [1.82, 2.24) is 10.4 Å². The highest BCUT2D eigenvalue weighted by Crippen LogP contribution is 2.32. The van der Waals surface area contributed by atoms with E-state index in [9.17, 15) is 9.59 Å². The topological polar surface area (TPSA) is 58.6 Å². The summed E-state index contributed by atoms with van der Waals surface area (Å²) in [6.07, 6.45) is 1.71. The summed E-state index contributed by atoms with van der Waals surface area (Å²) in [5.41, 5.74) is 3.59. The molecule has 0 atom stereocenters. The highest BCUT2D eigenvalue weighted by atomic mass is 35.5. The average molecular weight is 419 g/mol. The molecule has 1 heterocycles. The molecule has 1 saturated heterocycles. The van der Waals surface area contributed by atoms with Crippen LogP contribution >= 0.6 is 35.6 Å². The van der Waals surface area contributed by atoms with Gasteiger partial charge in [-0.3, -0.25) is 15.0 Å². The van der Waals surface area contributed by atoms with Gasteiger partial charge in [-0.25, -0.2) is 0 Å². The minimum Gasteiger partial charge on any atom is -0.494 e. The van der Waals surface area contributed by atoms with Crippen LogP contribution in [0, 0.1) is 0 Å². The van der Waals surface area contributed by atoms with Crippen LogP contribution < -0.4 is 10.2 Å². The molecule has 138 valence electrons. The van der Waals surface area contributed by atoms with E-state index in [1.165, 1.54) is 0 Å². The Bertz CT molecular complexity index is 946. The van der Waals surface area contributed by atoms with E-state index in [1.807, 2.05) is 31.2 Å². The van der Waals surface area contributed by atoms with Gasteiger partial charge in [0, 0.05) is 0 Å². The number of thiocarbonyl (C=S) groups is 1. The van der Waals surface area contributed by atoms with Crippen LogP contribution in [0.5, 0.6) is 5.75 Å². The van der Waals surface area contributed by atoms with Gasteiger partial charge in [0.2, 0.25) is 0 Å². The first-order valence-electron chi connectivity index (χ1n) is 8.06. The van der Waals surface area contributed by atoms with Gasteiger partial charge in [0.05, 0.1) is 22.1 Å². The van der Waals surface area contributed by atoms with Gasteiger partial charge in [0.25, 0.3) is 11.8 Å². The van der Waals surface area contributed by atoms with Gasteiger partial charge in [-0.05, 0) is 55.0 Å². The van der Waals surface area contributed by atoms with E-state index in [2.05, 4.69) is 5.43 Å². The van der Waals surface area contributed by atoms with Gasteiger partial charge in [-0.2, -0.15) is 5.01 Å². The van der Waals surface area contributed by atoms with Gasteiger partial charge >= 0.3 is 0 Å². The maximum atomic E-state index is 12.7. The van der Waals surface area contributed by atoms with Gasteiger partial charge in [0.15, 0.2) is 4.32 Å². The number of carbonyl (C=O) groups is 2. The van der Waals surface area contributed by atoms with Gasteiger partial charge < -0.3 is 4.74 Å². The molecule has 5 nitrogen and oxygen atoms in total. The van der Waals surface area contributed by atoms with Crippen molar-refractivity contribution in [2.45, 2.75) is 6.92 Å². The molecule has 2 aromatic carbocycles. The Morgan fingerprint density at radius 1 is 1.30 bits per heavy atom. The van der Waals surface area contributed by atoms with Crippen LogP contribution in [-0.2, 0) is 4.79 Å². The first-order chi connectivity index (χ1) is 13.0. The fourth-order valence-electron chi connectivity index (χ4n) is 2.38. The summed E-state index contributed by atoms with van der Waals surface area (Å²) in [4.78, 5) is 25.5. The lowest BCUT2D eigenvalue weighted by Crippen LogP contribution is -2.44. The molecular weight excluding hydrogens is 404 g/mol. The normalized spacial score (nSPS) is 15.3. The molecule has 0 radical (unpaired) electrons. The van der Waals surface area contributed by atoms with Gasteiger partial charge in [-0.15, -0.1) is 0 Å². The van der Waals surface area contributed by atoms with Crippen LogP contribution in [0.4, 0.5) is 0 Å². The molecule has 3 rings (SSSR count). The lowest BCUT2D eigenvalue weighted by atomic mass is 10.2. The summed E-state index contributed by atoms with van der Waals surface area (Å²) >= 11 is 12.4. The minimum absolute atomic E-state index is 0.243. The number of nitrogens with one attached hydrogen (secondary N) is 1. The molecule has 0 unspecified atom stereocenters. The summed E-state index contributed by atoms with van der Waals surface area (Å²) in [5.74, 6) is -0.183. The van der Waals surface area contributed by atoms with Crippen molar-refractivity contribution >= 4 is 57.8 Å². The fraction of sp³-hybridized carbons (Fsp3) is 0.105. The quantitative estimate of drug-likeness (QED) is 0.580. The SMILES string of the molecule is CCOc1cccc(/C=C2/SC(=S)N(NC(=O)c3ccccc3Cl)C2=O)c1. The third-order valence-corrected chi connectivity index (χ3v) is 5.22. The number of carbonyl (C=O) groups excluding carboxylic acids is 2. The van der Waals surface area contributed by atoms with Crippen LogP contribution in [0.1, 0.15) is 22.8 Å². The molecule has 0 bridgehead atoms. The highest BCUT2D eigenvalue weighted by Gasteiger charge is 2.34. The second kappa shape index (κ2) is 8.56. The number of hydrogen-bond acceptors (Lipinski definition) is 5. The molecule has 1 aliphatic heterocycles. The average Bonchev–Trinajstić information content (AvgIpc) is 2.90. The zero-order valence-corrected chi connectivity index (χ0v) is 16.7. The molecule has 0 aromatic heterocycles. The standard InChI is InChI=1S/C19H15ClN2O3S2/c1-2-25-13-7-5-6-12(10-13)11-16-18(24)22(19(26)27-16)21-17(23)14-8-3-4-9-15(14)20/h3-11H,2H2,1H3,(H,21,23)/b16-11+. The summed E-state index contributed by atoms with van der Waals surface area (Å²) in [5, 5.41) is 1.35. The van der Waals surface area contributed by atoms with E-state index < -0.39 is 11.8 Å². The Kier molecular flexibility index (Phi) is 6.15. The molecule has 0 saturated carbocycles. The lowest BCUT2D eigenvalue weighted by molar-refractivity contribution is -0.123. The maximum absolute atomic E-state index is 12.7. The van der Waals surface area contributed by atoms with Crippen molar-refractivity contribution < 1.29 is 14.3 Å². The third-order valence-electron chi connectivity index (χ3n) is 3.59. The molecule has 27 heavy (non-hydrogen) atoms. The molecule has 1 fully saturated rings. The lowest BCUT2D eigenvalue weighted by Gasteiger charge is -2.16. The number of halogens is 1. The molecule has 8 heteroatoms. The Morgan fingerprint density at radius 2 is 2.07 bits per heavy atom. The molecule has 2 amide bonds. The second-order valence-corrected chi connectivity index (χ2v) is 7.53. The summed E-state index contributed by atoms with van der Waals surface area (Å²) < 4.78 is 5.71. The summed E-state index contributed by atoms with van der Waals surface area (Å²) in [6, 6.07) is 14.0. The summed E-state index contributed by atoms with van der Waals surface area (Å²) in [7, 11) is 0. The van der Waals surface area contributed by atoms with Crippen molar-refractivity contribution in [1.29, 1.82) is 0 Å². The number of benzene rings is 2. The third kappa shape index (κ3) is 4.50. The van der Waals surface area contributed by atoms with E-state index in [4.69, 9.17) is 28.6 Å². The van der Waals surface area contributed by atoms with Crippen LogP contribution in [0.15, 0.2) is 53.4 Å². The zero-order chi connectivity index (χ0) is 19.4. The Morgan fingerprint density at radius 3 is 2.81 bits per heavy atom. The summed E-state index contributed by atoms with van der Waals surface area (Å²) in [6.45, 7) is 2.46.